The third kappa shape index (κ3) is 6480. The Morgan fingerprint density at radius 3 is 1.71 bits per heavy atom. The maximum Gasteiger partial charge on any atom is 0.145 e. The molecule has 0 aromatic heterocycles. The number of rotatable bonds is 0. The van der Waals surface area contributed by atoms with E-state index in [0.717, 1.165) is 0 Å². The summed E-state index contributed by atoms with van der Waals surface area (Å²) in [6, 6.07) is 0. The van der Waals surface area contributed by atoms with Crippen molar-refractivity contribution in [3.63, 3.8) is 0 Å². The van der Waals surface area contributed by atoms with Crippen LogP contribution < -0.4 is 0 Å². The average Bonchev–Trinajstić information content (AvgIpc) is 1.33. The second kappa shape index (κ2) is 9.46. The summed E-state index contributed by atoms with van der Waals surface area (Å²) in [6.45, 7) is 1.93. The Labute approximate surface area is 47.4 Å². The molecule has 7 heavy (non-hydrogen) atoms. The zero-order valence-electron chi connectivity index (χ0n) is 4.42. The smallest absolute Gasteiger partial charge is 0.145 e. The number of hydrogen-bond acceptors (Lipinski definition) is 3. The van der Waals surface area contributed by atoms with E-state index in [-0.39, 0.29) is 6.61 Å². The first kappa shape index (κ1) is 10.2. The van der Waals surface area contributed by atoms with E-state index in [4.69, 9.17) is 13.5 Å². The monoisotopic (exact) mass is 142 g/mol. The molecule has 0 rings (SSSR count). The molecule has 0 radical (unpaired) electrons. The van der Waals surface area contributed by atoms with Crippen molar-refractivity contribution >= 4 is 19.5 Å². The molecule has 5 heteroatoms. The van der Waals surface area contributed by atoms with E-state index in [2.05, 4.69) is 0 Å². The molecule has 0 unspecified atom stereocenters. The van der Waals surface area contributed by atoms with Crippen molar-refractivity contribution in [3.8, 4) is 0 Å². The molecule has 0 amide bonds. The van der Waals surface area contributed by atoms with Crippen LogP contribution >= 0.6 is 0 Å². The lowest BCUT2D eigenvalue weighted by atomic mass is 10.9. The average molecular weight is 142 g/mol. The van der Waals surface area contributed by atoms with Crippen molar-refractivity contribution < 1.29 is 13.5 Å². The van der Waals surface area contributed by atoms with E-state index in [9.17, 15) is 0 Å². The number of aliphatic hydroxyl groups is 1. The molecule has 0 fully saturated rings. The largest absolute Gasteiger partial charge is 0.397 e. The molecule has 0 aromatic carbocycles. The molecule has 0 aliphatic heterocycles. The first-order valence-electron chi connectivity index (χ1n) is 1.84. The summed E-state index contributed by atoms with van der Waals surface area (Å²) in [7, 11) is -1.68. The van der Waals surface area contributed by atoms with Gasteiger partial charge in [0.1, 0.15) is 19.5 Å². The molecule has 1 N–H and O–H groups in total. The highest BCUT2D eigenvalue weighted by atomic mass is 32.4. The van der Waals surface area contributed by atoms with Gasteiger partial charge < -0.3 is 5.11 Å². The lowest BCUT2D eigenvalue weighted by molar-refractivity contribution is 0.318. The van der Waals surface area contributed by atoms with Crippen molar-refractivity contribution in [1.82, 2.24) is 0 Å². The molecule has 0 heterocycles. The molecule has 0 aliphatic rings. The minimum Gasteiger partial charge on any atom is -0.397 e. The van der Waals surface area contributed by atoms with Crippen LogP contribution in [0, 0.1) is 0 Å². The molecule has 0 bridgehead atoms. The highest BCUT2D eigenvalue weighted by Crippen LogP contribution is 1.30. The molecular formula is C2H10O3SSi. The SMILES string of the molecule is CCO.O=[SH](=O)[SiH3]. The summed E-state index contributed by atoms with van der Waals surface area (Å²) in [6.07, 6.45) is 0. The molecule has 0 saturated heterocycles. The van der Waals surface area contributed by atoms with Gasteiger partial charge in [0.2, 0.25) is 0 Å². The summed E-state index contributed by atoms with van der Waals surface area (Å²) in [5.74, 6) is 0. The zero-order valence-corrected chi connectivity index (χ0v) is 7.31. The highest BCUT2D eigenvalue weighted by Gasteiger charge is 1.46. The Hall–Kier alpha value is 0.127. The van der Waals surface area contributed by atoms with Crippen LogP contribution in [0.4, 0.5) is 0 Å². The van der Waals surface area contributed by atoms with Crippen LogP contribution in [0.25, 0.3) is 0 Å². The molecule has 0 aliphatic carbocycles. The third-order valence-electron chi connectivity index (χ3n) is 0. The van der Waals surface area contributed by atoms with Gasteiger partial charge in [-0.25, -0.2) is 8.42 Å². The first-order valence-corrected chi connectivity index (χ1v) is 6.14. The Kier molecular flexibility index (Phi) is 13.7. The van der Waals surface area contributed by atoms with Crippen molar-refractivity contribution in [2.75, 3.05) is 6.61 Å². The normalized spacial score (nSPS) is 7.86. The van der Waals surface area contributed by atoms with E-state index in [1.807, 2.05) is 0 Å². The molecule has 0 saturated carbocycles. The summed E-state index contributed by atoms with van der Waals surface area (Å²) in [5.41, 5.74) is 0. The van der Waals surface area contributed by atoms with Crippen LogP contribution in [0.1, 0.15) is 6.92 Å². The lowest BCUT2D eigenvalue weighted by Crippen LogP contribution is -1.60. The van der Waals surface area contributed by atoms with Gasteiger partial charge in [0.25, 0.3) is 0 Å². The van der Waals surface area contributed by atoms with Crippen LogP contribution in [0.5, 0.6) is 0 Å². The Bertz CT molecular complexity index is 71.0. The van der Waals surface area contributed by atoms with E-state index < -0.39 is 10.2 Å². The summed E-state index contributed by atoms with van der Waals surface area (Å²) < 4.78 is 18.2. The van der Waals surface area contributed by atoms with Crippen molar-refractivity contribution in [2.45, 2.75) is 6.92 Å². The van der Waals surface area contributed by atoms with Crippen LogP contribution in [0.15, 0.2) is 0 Å². The van der Waals surface area contributed by atoms with Gasteiger partial charge in [0.15, 0.2) is 0 Å². The van der Waals surface area contributed by atoms with Crippen molar-refractivity contribution in [1.29, 1.82) is 0 Å². The van der Waals surface area contributed by atoms with Crippen LogP contribution in [0.3, 0.4) is 0 Å². The Balaban J connectivity index is 0. The summed E-state index contributed by atoms with van der Waals surface area (Å²) >= 11 is 0. The fourth-order valence-corrected chi connectivity index (χ4v) is 0. The number of aliphatic hydroxyl groups excluding tert-OH is 1. The topological polar surface area (TPSA) is 54.4 Å². The molecule has 0 spiro atoms. The molecule has 0 aromatic rings. The van der Waals surface area contributed by atoms with Gasteiger partial charge in [-0.05, 0) is 6.92 Å². The summed E-state index contributed by atoms with van der Waals surface area (Å²) in [4.78, 5) is 0. The zero-order chi connectivity index (χ0) is 6.28. The number of hydrogen-bond donors (Lipinski definition) is 2. The number of thiol groups is 1. The van der Waals surface area contributed by atoms with Gasteiger partial charge in [-0.1, -0.05) is 0 Å². The molecule has 46 valence electrons. The predicted molar refractivity (Wildman–Crippen MR) is 33.0 cm³/mol. The maximum atomic E-state index is 9.10. The quantitative estimate of drug-likeness (QED) is 0.300. The van der Waals surface area contributed by atoms with Gasteiger partial charge >= 0.3 is 0 Å². The molecule has 0 atom stereocenters. The van der Waals surface area contributed by atoms with Crippen LogP contribution in [-0.4, -0.2) is 29.5 Å². The van der Waals surface area contributed by atoms with E-state index >= 15 is 0 Å². The van der Waals surface area contributed by atoms with Crippen molar-refractivity contribution in [2.24, 2.45) is 0 Å². The van der Waals surface area contributed by atoms with Gasteiger partial charge in [0.05, 0.1) is 0 Å². The minimum atomic E-state index is -1.98. The first-order chi connectivity index (χ1) is 3.15. The Morgan fingerprint density at radius 2 is 1.71 bits per heavy atom. The van der Waals surface area contributed by atoms with Crippen LogP contribution in [0.2, 0.25) is 0 Å². The standard InChI is InChI=1S/C2H6O.H4O2SSi/c1-2-3;1-3(2)4/h3H,2H2,1H3;3H,4H3. The highest BCUT2D eigenvalue weighted by molar-refractivity contribution is 7.96. The second-order valence-electron chi connectivity index (χ2n) is 0.756. The summed E-state index contributed by atoms with van der Waals surface area (Å²) in [5, 5.41) is 7.57. The van der Waals surface area contributed by atoms with Crippen molar-refractivity contribution in [3.05, 3.63) is 0 Å². The van der Waals surface area contributed by atoms with E-state index in [1.165, 1.54) is 0 Å². The van der Waals surface area contributed by atoms with Gasteiger partial charge in [-0.3, -0.25) is 0 Å². The molecule has 3 nitrogen and oxygen atoms in total. The third-order valence-corrected chi connectivity index (χ3v) is 0. The second-order valence-corrected chi connectivity index (χ2v) is 3.83. The van der Waals surface area contributed by atoms with E-state index in [1.54, 1.807) is 6.92 Å². The minimum absolute atomic E-state index is 0.250. The van der Waals surface area contributed by atoms with E-state index in [0.29, 0.717) is 9.39 Å². The lowest BCUT2D eigenvalue weighted by Gasteiger charge is -1.52. The predicted octanol–water partition coefficient (Wildman–Crippen LogP) is -2.12. The van der Waals surface area contributed by atoms with Gasteiger partial charge in [0, 0.05) is 6.61 Å². The van der Waals surface area contributed by atoms with Gasteiger partial charge in [-0.2, -0.15) is 0 Å². The maximum absolute atomic E-state index is 9.10. The van der Waals surface area contributed by atoms with Gasteiger partial charge in [-0.15, -0.1) is 0 Å². The fraction of sp³-hybridized carbons (Fsp3) is 1.00. The molecular weight excluding hydrogens is 132 g/mol. The Morgan fingerprint density at radius 1 is 1.71 bits per heavy atom. The van der Waals surface area contributed by atoms with Crippen LogP contribution in [-0.2, 0) is 10.2 Å². The fourth-order valence-electron chi connectivity index (χ4n) is 0.